The first-order valence-corrected chi connectivity index (χ1v) is 9.59. The number of rotatable bonds is 12. The summed E-state index contributed by atoms with van der Waals surface area (Å²) in [6, 6.07) is 18.1. The van der Waals surface area contributed by atoms with E-state index in [1.54, 1.807) is 14.2 Å². The number of methoxy groups -OCH3 is 1. The van der Waals surface area contributed by atoms with Gasteiger partial charge in [-0.25, -0.2) is 0 Å². The highest BCUT2D eigenvalue weighted by atomic mass is 127. The van der Waals surface area contributed by atoms with Crippen LogP contribution in [-0.2, 0) is 22.6 Å². The Labute approximate surface area is 191 Å². The standard InChI is InChI=1S/C22H31N3O3.HI/c1-23-22(24-13-8-14-27-16-15-26-2)25-17-19-9-6-7-10-20(19)18-28-21-11-4-3-5-12-21;/h3-7,9-12H,8,13-18H2,1-2H3,(H2,23,24,25);1H. The maximum Gasteiger partial charge on any atom is 0.191 e. The summed E-state index contributed by atoms with van der Waals surface area (Å²) in [6.07, 6.45) is 0.909. The topological polar surface area (TPSA) is 64.1 Å². The van der Waals surface area contributed by atoms with Gasteiger partial charge in [-0.1, -0.05) is 42.5 Å². The van der Waals surface area contributed by atoms with Gasteiger partial charge >= 0.3 is 0 Å². The van der Waals surface area contributed by atoms with Gasteiger partial charge in [0.25, 0.3) is 0 Å². The first-order valence-electron chi connectivity index (χ1n) is 9.59. The molecule has 6 nitrogen and oxygen atoms in total. The molecule has 0 fully saturated rings. The van der Waals surface area contributed by atoms with Crippen molar-refractivity contribution < 1.29 is 14.2 Å². The Kier molecular flexibility index (Phi) is 13.9. The van der Waals surface area contributed by atoms with E-state index in [9.17, 15) is 0 Å². The molecule has 2 rings (SSSR count). The van der Waals surface area contributed by atoms with Crippen LogP contribution in [0.2, 0.25) is 0 Å². The number of ether oxygens (including phenoxy) is 3. The second kappa shape index (κ2) is 16.0. The van der Waals surface area contributed by atoms with Crippen molar-refractivity contribution in [1.29, 1.82) is 0 Å². The van der Waals surface area contributed by atoms with Crippen LogP contribution in [0.5, 0.6) is 5.75 Å². The van der Waals surface area contributed by atoms with Crippen molar-refractivity contribution in [2.45, 2.75) is 19.6 Å². The molecule has 0 unspecified atom stereocenters. The van der Waals surface area contributed by atoms with Gasteiger partial charge in [0.1, 0.15) is 12.4 Å². The van der Waals surface area contributed by atoms with Gasteiger partial charge in [0.2, 0.25) is 0 Å². The zero-order valence-corrected chi connectivity index (χ0v) is 19.6. The third kappa shape index (κ3) is 10.5. The number of hydrogen-bond donors (Lipinski definition) is 2. The summed E-state index contributed by atoms with van der Waals surface area (Å²) in [4.78, 5) is 4.28. The minimum absolute atomic E-state index is 0. The SMILES string of the molecule is CN=C(NCCCOCCOC)NCc1ccccc1COc1ccccc1.I. The molecule has 0 aliphatic rings. The lowest BCUT2D eigenvalue weighted by Gasteiger charge is -2.15. The van der Waals surface area contributed by atoms with E-state index in [0.29, 0.717) is 33.0 Å². The van der Waals surface area contributed by atoms with Gasteiger partial charge in [-0.15, -0.1) is 24.0 Å². The first-order chi connectivity index (χ1) is 13.8. The van der Waals surface area contributed by atoms with E-state index < -0.39 is 0 Å². The van der Waals surface area contributed by atoms with Crippen molar-refractivity contribution in [1.82, 2.24) is 10.6 Å². The monoisotopic (exact) mass is 513 g/mol. The summed E-state index contributed by atoms with van der Waals surface area (Å²) in [7, 11) is 3.45. The van der Waals surface area contributed by atoms with Gasteiger partial charge in [0.05, 0.1) is 13.2 Å². The predicted octanol–water partition coefficient (Wildman–Crippen LogP) is 3.60. The molecule has 2 N–H and O–H groups in total. The zero-order chi connectivity index (χ0) is 19.9. The smallest absolute Gasteiger partial charge is 0.191 e. The van der Waals surface area contributed by atoms with E-state index in [0.717, 1.165) is 30.2 Å². The maximum absolute atomic E-state index is 5.89. The van der Waals surface area contributed by atoms with E-state index in [-0.39, 0.29) is 24.0 Å². The van der Waals surface area contributed by atoms with Crippen LogP contribution in [0.3, 0.4) is 0 Å². The van der Waals surface area contributed by atoms with Crippen LogP contribution in [0.4, 0.5) is 0 Å². The predicted molar refractivity (Wildman–Crippen MR) is 128 cm³/mol. The van der Waals surface area contributed by atoms with Gasteiger partial charge in [-0.2, -0.15) is 0 Å². The fourth-order valence-electron chi connectivity index (χ4n) is 2.57. The summed E-state index contributed by atoms with van der Waals surface area (Å²) < 4.78 is 16.3. The van der Waals surface area contributed by atoms with Gasteiger partial charge in [-0.05, 0) is 29.7 Å². The molecule has 0 aromatic heterocycles. The molecule has 0 aliphatic carbocycles. The van der Waals surface area contributed by atoms with E-state index in [4.69, 9.17) is 14.2 Å². The molecule has 29 heavy (non-hydrogen) atoms. The molecule has 2 aromatic carbocycles. The summed E-state index contributed by atoms with van der Waals surface area (Å²) in [5.74, 6) is 1.64. The average molecular weight is 513 g/mol. The van der Waals surface area contributed by atoms with Crippen LogP contribution >= 0.6 is 24.0 Å². The highest BCUT2D eigenvalue weighted by molar-refractivity contribution is 14.0. The minimum Gasteiger partial charge on any atom is -0.489 e. The van der Waals surface area contributed by atoms with Gasteiger partial charge < -0.3 is 24.8 Å². The van der Waals surface area contributed by atoms with E-state index >= 15 is 0 Å². The second-order valence-corrected chi connectivity index (χ2v) is 6.18. The number of nitrogens with one attached hydrogen (secondary N) is 2. The molecule has 0 atom stereocenters. The quantitative estimate of drug-likeness (QED) is 0.197. The molecule has 160 valence electrons. The van der Waals surface area contributed by atoms with Gasteiger partial charge in [-0.3, -0.25) is 4.99 Å². The molecule has 0 saturated carbocycles. The largest absolute Gasteiger partial charge is 0.489 e. The highest BCUT2D eigenvalue weighted by Crippen LogP contribution is 2.14. The molecule has 0 spiro atoms. The number of hydrogen-bond acceptors (Lipinski definition) is 4. The molecule has 0 bridgehead atoms. The lowest BCUT2D eigenvalue weighted by Crippen LogP contribution is -2.37. The number of guanidine groups is 1. The normalized spacial score (nSPS) is 10.9. The van der Waals surface area contributed by atoms with Gasteiger partial charge in [0.15, 0.2) is 5.96 Å². The van der Waals surface area contributed by atoms with Crippen molar-refractivity contribution in [3.8, 4) is 5.75 Å². The van der Waals surface area contributed by atoms with Crippen molar-refractivity contribution in [2.24, 2.45) is 4.99 Å². The molecule has 0 amide bonds. The lowest BCUT2D eigenvalue weighted by atomic mass is 10.1. The summed E-state index contributed by atoms with van der Waals surface area (Å²) >= 11 is 0. The molecule has 2 aromatic rings. The Hall–Kier alpha value is -1.84. The summed E-state index contributed by atoms with van der Waals surface area (Å²) in [5.41, 5.74) is 2.34. The summed E-state index contributed by atoms with van der Waals surface area (Å²) in [6.45, 7) is 3.97. The maximum atomic E-state index is 5.89. The number of halogens is 1. The Morgan fingerprint density at radius 3 is 2.34 bits per heavy atom. The van der Waals surface area contributed by atoms with Crippen molar-refractivity contribution in [3.05, 3.63) is 65.7 Å². The fraction of sp³-hybridized carbons (Fsp3) is 0.409. The Morgan fingerprint density at radius 1 is 0.897 bits per heavy atom. The average Bonchev–Trinajstić information content (AvgIpc) is 2.75. The van der Waals surface area contributed by atoms with Crippen LogP contribution < -0.4 is 15.4 Å². The fourth-order valence-corrected chi connectivity index (χ4v) is 2.57. The third-order valence-electron chi connectivity index (χ3n) is 4.12. The molecule has 0 saturated heterocycles. The minimum atomic E-state index is 0. The molecule has 7 heteroatoms. The van der Waals surface area contributed by atoms with Crippen LogP contribution in [0.25, 0.3) is 0 Å². The summed E-state index contributed by atoms with van der Waals surface area (Å²) in [5, 5.41) is 6.66. The number of nitrogens with zero attached hydrogens (tertiary/aromatic N) is 1. The second-order valence-electron chi connectivity index (χ2n) is 6.18. The molecule has 0 aliphatic heterocycles. The van der Waals surface area contributed by atoms with Crippen LogP contribution in [0.1, 0.15) is 17.5 Å². The van der Waals surface area contributed by atoms with Crippen LogP contribution in [-0.4, -0.2) is 46.5 Å². The third-order valence-corrected chi connectivity index (χ3v) is 4.12. The molecular formula is C22H32IN3O3. The lowest BCUT2D eigenvalue weighted by molar-refractivity contribution is 0.0698. The zero-order valence-electron chi connectivity index (χ0n) is 17.2. The number of aliphatic imine (C=N–C) groups is 1. The van der Waals surface area contributed by atoms with Crippen molar-refractivity contribution in [2.75, 3.05) is 40.5 Å². The highest BCUT2D eigenvalue weighted by Gasteiger charge is 2.04. The van der Waals surface area contributed by atoms with Gasteiger partial charge in [0, 0.05) is 33.9 Å². The Balaban J connectivity index is 0.00000420. The van der Waals surface area contributed by atoms with E-state index in [1.165, 1.54) is 5.56 Å². The van der Waals surface area contributed by atoms with Crippen LogP contribution in [0, 0.1) is 0 Å². The molecular weight excluding hydrogens is 481 g/mol. The number of para-hydroxylation sites is 1. The van der Waals surface area contributed by atoms with Crippen molar-refractivity contribution >= 4 is 29.9 Å². The number of benzene rings is 2. The van der Waals surface area contributed by atoms with E-state index in [1.807, 2.05) is 42.5 Å². The molecule has 0 radical (unpaired) electrons. The first kappa shape index (κ1) is 25.2. The van der Waals surface area contributed by atoms with Crippen molar-refractivity contribution in [3.63, 3.8) is 0 Å². The van der Waals surface area contributed by atoms with E-state index in [2.05, 4.69) is 27.8 Å². The van der Waals surface area contributed by atoms with Crippen LogP contribution in [0.15, 0.2) is 59.6 Å². The Morgan fingerprint density at radius 2 is 1.62 bits per heavy atom. The Bertz CT molecular complexity index is 699. The molecule has 0 heterocycles.